The third-order valence-corrected chi connectivity index (χ3v) is 5.21. The Labute approximate surface area is 190 Å². The van der Waals surface area contributed by atoms with E-state index >= 15 is 0 Å². The van der Waals surface area contributed by atoms with Crippen molar-refractivity contribution in [2.24, 2.45) is 0 Å². The van der Waals surface area contributed by atoms with Gasteiger partial charge in [0.25, 0.3) is 11.5 Å². The fourth-order valence-corrected chi connectivity index (χ4v) is 3.57. The van der Waals surface area contributed by atoms with E-state index in [9.17, 15) is 9.59 Å². The summed E-state index contributed by atoms with van der Waals surface area (Å²) in [4.78, 5) is 32.3. The Morgan fingerprint density at radius 3 is 2.87 bits per heavy atom. The monoisotopic (exact) mass is 501 g/mol. The molecular formula is C21H17BrClN5O3. The van der Waals surface area contributed by atoms with Gasteiger partial charge in [-0.05, 0) is 36.8 Å². The molecule has 4 aromatic rings. The lowest BCUT2D eigenvalue weighted by Crippen LogP contribution is -2.19. The van der Waals surface area contributed by atoms with Crippen molar-refractivity contribution in [3.05, 3.63) is 79.8 Å². The molecule has 158 valence electrons. The van der Waals surface area contributed by atoms with E-state index in [1.54, 1.807) is 36.4 Å². The van der Waals surface area contributed by atoms with Crippen LogP contribution >= 0.6 is 27.5 Å². The highest BCUT2D eigenvalue weighted by Crippen LogP contribution is 2.26. The summed E-state index contributed by atoms with van der Waals surface area (Å²) in [6.07, 6.45) is 2.99. The highest BCUT2D eigenvalue weighted by atomic mass is 79.9. The number of furan rings is 1. The average molecular weight is 503 g/mol. The topological polar surface area (TPSA) is 106 Å². The third kappa shape index (κ3) is 4.62. The van der Waals surface area contributed by atoms with E-state index in [1.807, 2.05) is 6.92 Å². The van der Waals surface area contributed by atoms with Gasteiger partial charge in [-0.25, -0.2) is 4.98 Å². The number of aromatic amines is 1. The Balaban J connectivity index is 1.79. The second-order valence-corrected chi connectivity index (χ2v) is 8.02. The summed E-state index contributed by atoms with van der Waals surface area (Å²) in [5.74, 6) is 0.543. The highest BCUT2D eigenvalue weighted by Gasteiger charge is 2.19. The summed E-state index contributed by atoms with van der Waals surface area (Å²) in [5, 5.41) is 7.58. The van der Waals surface area contributed by atoms with E-state index in [0.29, 0.717) is 38.9 Å². The van der Waals surface area contributed by atoms with Crippen molar-refractivity contribution in [1.82, 2.24) is 19.7 Å². The van der Waals surface area contributed by atoms with Crippen molar-refractivity contribution in [1.29, 1.82) is 0 Å². The van der Waals surface area contributed by atoms with Gasteiger partial charge in [-0.15, -0.1) is 0 Å². The maximum absolute atomic E-state index is 12.9. The van der Waals surface area contributed by atoms with Crippen LogP contribution in [-0.2, 0) is 6.42 Å². The van der Waals surface area contributed by atoms with E-state index in [0.717, 1.165) is 6.42 Å². The first kappa shape index (κ1) is 21.1. The number of benzene rings is 1. The van der Waals surface area contributed by atoms with Gasteiger partial charge in [-0.2, -0.15) is 9.78 Å². The molecule has 0 radical (unpaired) electrons. The first-order chi connectivity index (χ1) is 14.9. The molecule has 8 nitrogen and oxygen atoms in total. The van der Waals surface area contributed by atoms with E-state index in [2.05, 4.69) is 36.3 Å². The molecule has 0 aliphatic rings. The molecule has 0 bridgehead atoms. The van der Waals surface area contributed by atoms with Crippen molar-refractivity contribution in [3.8, 4) is 17.4 Å². The number of amides is 1. The largest absolute Gasteiger partial charge is 0.463 e. The molecule has 0 unspecified atom stereocenters. The maximum Gasteiger partial charge on any atom is 0.258 e. The van der Waals surface area contributed by atoms with E-state index in [-0.39, 0.29) is 17.1 Å². The summed E-state index contributed by atoms with van der Waals surface area (Å²) in [7, 11) is 0. The molecule has 0 saturated heterocycles. The average Bonchev–Trinajstić information content (AvgIpc) is 3.39. The van der Waals surface area contributed by atoms with Crippen LogP contribution in [0.2, 0.25) is 5.02 Å². The fourth-order valence-electron chi connectivity index (χ4n) is 3.01. The highest BCUT2D eigenvalue weighted by molar-refractivity contribution is 9.10. The van der Waals surface area contributed by atoms with Gasteiger partial charge in [0, 0.05) is 22.3 Å². The van der Waals surface area contributed by atoms with Crippen LogP contribution in [0.15, 0.2) is 62.4 Å². The van der Waals surface area contributed by atoms with Gasteiger partial charge < -0.3 is 9.73 Å². The quantitative estimate of drug-likeness (QED) is 0.393. The molecule has 31 heavy (non-hydrogen) atoms. The lowest BCUT2D eigenvalue weighted by molar-refractivity contribution is 0.102. The van der Waals surface area contributed by atoms with Gasteiger partial charge in [0.2, 0.25) is 5.95 Å². The van der Waals surface area contributed by atoms with Crippen LogP contribution in [0.3, 0.4) is 0 Å². The van der Waals surface area contributed by atoms with E-state index in [1.165, 1.54) is 17.0 Å². The molecule has 0 aliphatic carbocycles. The van der Waals surface area contributed by atoms with Crippen LogP contribution in [0.4, 0.5) is 5.82 Å². The second-order valence-electron chi connectivity index (χ2n) is 6.69. The lowest BCUT2D eigenvalue weighted by Gasteiger charge is -2.10. The zero-order valence-corrected chi connectivity index (χ0v) is 18.7. The Hall–Kier alpha value is -3.17. The molecule has 2 N–H and O–H groups in total. The lowest BCUT2D eigenvalue weighted by atomic mass is 10.2. The van der Waals surface area contributed by atoms with Crippen LogP contribution in [0.25, 0.3) is 17.4 Å². The number of hydrogen-bond acceptors (Lipinski definition) is 5. The van der Waals surface area contributed by atoms with Crippen LogP contribution in [0.1, 0.15) is 29.4 Å². The molecule has 3 heterocycles. The van der Waals surface area contributed by atoms with Gasteiger partial charge in [-0.3, -0.25) is 14.6 Å². The normalized spacial score (nSPS) is 10.9. The van der Waals surface area contributed by atoms with Gasteiger partial charge >= 0.3 is 0 Å². The summed E-state index contributed by atoms with van der Waals surface area (Å²) in [5.41, 5.74) is 1.06. The molecule has 0 atom stereocenters. The number of halogens is 2. The van der Waals surface area contributed by atoms with Gasteiger partial charge in [0.1, 0.15) is 11.5 Å². The maximum atomic E-state index is 12.9. The van der Waals surface area contributed by atoms with Crippen LogP contribution < -0.4 is 10.9 Å². The van der Waals surface area contributed by atoms with Crippen molar-refractivity contribution in [2.45, 2.75) is 19.8 Å². The van der Waals surface area contributed by atoms with Crippen LogP contribution in [0.5, 0.6) is 0 Å². The zero-order chi connectivity index (χ0) is 22.0. The molecule has 0 saturated carbocycles. The predicted octanol–water partition coefficient (Wildman–Crippen LogP) is 4.84. The molecule has 10 heteroatoms. The van der Waals surface area contributed by atoms with Crippen LogP contribution in [-0.4, -0.2) is 25.7 Å². The molecule has 1 aromatic carbocycles. The Morgan fingerprint density at radius 1 is 1.29 bits per heavy atom. The smallest absolute Gasteiger partial charge is 0.258 e. The number of aromatic nitrogens is 4. The van der Waals surface area contributed by atoms with Gasteiger partial charge in [-0.1, -0.05) is 40.9 Å². The number of aryl methyl sites for hydroxylation is 1. The Morgan fingerprint density at radius 2 is 2.13 bits per heavy atom. The van der Waals surface area contributed by atoms with Crippen molar-refractivity contribution < 1.29 is 9.21 Å². The van der Waals surface area contributed by atoms with Crippen molar-refractivity contribution in [2.75, 3.05) is 5.32 Å². The molecule has 4 rings (SSSR count). The van der Waals surface area contributed by atoms with Gasteiger partial charge in [0.15, 0.2) is 5.76 Å². The first-order valence-electron chi connectivity index (χ1n) is 9.45. The summed E-state index contributed by atoms with van der Waals surface area (Å²) in [6.45, 7) is 2.00. The van der Waals surface area contributed by atoms with Crippen molar-refractivity contribution in [3.63, 3.8) is 0 Å². The molecular weight excluding hydrogens is 486 g/mol. The number of hydrogen-bond donors (Lipinski definition) is 2. The number of nitrogens with one attached hydrogen (secondary N) is 2. The minimum atomic E-state index is -0.439. The molecule has 1 amide bonds. The standard InChI is InChI=1S/C21H17BrClN5O3/c1-2-4-13-10-19(29)26-21(24-13)28-18(11-16(27-28)17-5-3-8-31-17)25-20(30)14-9-12(22)6-7-15(14)23/h3,5-11H,2,4H2,1H3,(H,25,30)(H,24,26,29). The molecule has 0 aliphatic heterocycles. The first-order valence-corrected chi connectivity index (χ1v) is 10.6. The Kier molecular flexibility index (Phi) is 6.06. The third-order valence-electron chi connectivity index (χ3n) is 4.39. The van der Waals surface area contributed by atoms with Crippen molar-refractivity contribution >= 4 is 39.3 Å². The fraction of sp³-hybridized carbons (Fsp3) is 0.143. The number of anilines is 1. The Bertz CT molecular complexity index is 1300. The van der Waals surface area contributed by atoms with Crippen LogP contribution in [0, 0.1) is 0 Å². The summed E-state index contributed by atoms with van der Waals surface area (Å²) >= 11 is 9.54. The number of rotatable bonds is 6. The summed E-state index contributed by atoms with van der Waals surface area (Å²) in [6, 6.07) is 11.5. The van der Waals surface area contributed by atoms with E-state index in [4.69, 9.17) is 16.0 Å². The molecule has 0 fully saturated rings. The molecule has 3 aromatic heterocycles. The predicted molar refractivity (Wildman–Crippen MR) is 121 cm³/mol. The van der Waals surface area contributed by atoms with Gasteiger partial charge in [0.05, 0.1) is 16.8 Å². The summed E-state index contributed by atoms with van der Waals surface area (Å²) < 4.78 is 7.50. The number of nitrogens with zero attached hydrogens (tertiary/aromatic N) is 3. The number of H-pyrrole nitrogens is 1. The number of carbonyl (C=O) groups excluding carboxylic acids is 1. The minimum absolute atomic E-state index is 0.185. The molecule has 0 spiro atoms. The minimum Gasteiger partial charge on any atom is -0.463 e. The second kappa shape index (κ2) is 8.91. The number of carbonyl (C=O) groups is 1. The zero-order valence-electron chi connectivity index (χ0n) is 16.4. The van der Waals surface area contributed by atoms with E-state index < -0.39 is 5.91 Å². The SMILES string of the molecule is CCCc1cc(=O)[nH]c(-n2nc(-c3ccco3)cc2NC(=O)c2cc(Br)ccc2Cl)n1.